The van der Waals surface area contributed by atoms with Gasteiger partial charge in [-0.25, -0.2) is 4.57 Å². The predicted octanol–water partition coefficient (Wildman–Crippen LogP) is 19.3. The van der Waals surface area contributed by atoms with Gasteiger partial charge in [0.15, 0.2) is 6.10 Å². The van der Waals surface area contributed by atoms with Crippen LogP contribution in [0.25, 0.3) is 0 Å². The Morgan fingerprint density at radius 1 is 0.354 bits per heavy atom. The summed E-state index contributed by atoms with van der Waals surface area (Å²) in [6, 6.07) is 0. The zero-order chi connectivity index (χ0) is 59.8. The summed E-state index contributed by atoms with van der Waals surface area (Å²) in [6.45, 7) is 4.26. The molecular weight excluding hydrogens is 1050 g/mol. The first-order chi connectivity index (χ1) is 40.2. The van der Waals surface area contributed by atoms with Crippen molar-refractivity contribution < 1.29 is 52.2 Å². The lowest BCUT2D eigenvalue weighted by molar-refractivity contribution is -0.161. The molecule has 0 radical (unpaired) electrons. The van der Waals surface area contributed by atoms with Gasteiger partial charge in [-0.2, -0.15) is 0 Å². The van der Waals surface area contributed by atoms with Crippen molar-refractivity contribution in [3.8, 4) is 0 Å². The van der Waals surface area contributed by atoms with Crippen LogP contribution in [0.5, 0.6) is 0 Å². The fraction of sp³-hybridized carbons (Fsp3) is 0.586. The molecule has 11 nitrogen and oxygen atoms in total. The zero-order valence-electron chi connectivity index (χ0n) is 51.1. The topological polar surface area (TPSA) is 155 Å². The van der Waals surface area contributed by atoms with Crippen molar-refractivity contribution in [3.63, 3.8) is 0 Å². The zero-order valence-corrected chi connectivity index (χ0v) is 52.0. The molecule has 0 fully saturated rings. The second-order valence-corrected chi connectivity index (χ2v) is 21.6. The molecule has 0 aromatic heterocycles. The lowest BCUT2D eigenvalue weighted by atomic mass is 10.1. The number of aliphatic hydroxyl groups excluding tert-OH is 1. The number of allylic oxidation sites excluding steroid dienone is 26. The average Bonchev–Trinajstić information content (AvgIpc) is 3.47. The number of aliphatic hydroxyl groups is 1. The third kappa shape index (κ3) is 59.7. The highest BCUT2D eigenvalue weighted by molar-refractivity contribution is 7.47. The Kier molecular flexibility index (Phi) is 58.4. The van der Waals surface area contributed by atoms with Gasteiger partial charge in [0.2, 0.25) is 0 Å². The minimum atomic E-state index is -4.79. The number of carbonyl (C=O) groups excluding carboxylic acids is 3. The number of rotatable bonds is 56. The Labute approximate surface area is 498 Å². The summed E-state index contributed by atoms with van der Waals surface area (Å²) in [5.74, 6) is -1.60. The van der Waals surface area contributed by atoms with E-state index in [0.29, 0.717) is 25.7 Å². The van der Waals surface area contributed by atoms with Crippen molar-refractivity contribution in [2.75, 3.05) is 26.4 Å². The Hall–Kier alpha value is -4.90. The summed E-state index contributed by atoms with van der Waals surface area (Å²) in [5, 5.41) is 9.84. The second kappa shape index (κ2) is 62.2. The normalized spacial score (nSPS) is 14.4. The van der Waals surface area contributed by atoms with Gasteiger partial charge in [0, 0.05) is 19.3 Å². The molecule has 0 aliphatic carbocycles. The van der Waals surface area contributed by atoms with Crippen LogP contribution in [0.2, 0.25) is 0 Å². The predicted molar refractivity (Wildman–Crippen MR) is 343 cm³/mol. The molecule has 0 aliphatic heterocycles. The fourth-order valence-corrected chi connectivity index (χ4v) is 8.50. The van der Waals surface area contributed by atoms with Crippen molar-refractivity contribution >= 4 is 25.7 Å². The molecule has 462 valence electrons. The summed E-state index contributed by atoms with van der Waals surface area (Å²) in [4.78, 5) is 48.7. The minimum absolute atomic E-state index is 0.0866. The molecule has 0 aromatic rings. The molecule has 0 spiro atoms. The van der Waals surface area contributed by atoms with Crippen molar-refractivity contribution in [1.29, 1.82) is 0 Å². The van der Waals surface area contributed by atoms with E-state index < -0.39 is 57.8 Å². The molecule has 0 rings (SSSR count). The molecule has 3 unspecified atom stereocenters. The number of phosphoric acid groups is 1. The highest BCUT2D eigenvalue weighted by atomic mass is 31.2. The maximum atomic E-state index is 13.0. The maximum Gasteiger partial charge on any atom is 0.472 e. The lowest BCUT2D eigenvalue weighted by Gasteiger charge is -2.21. The first kappa shape index (κ1) is 77.1. The van der Waals surface area contributed by atoms with E-state index >= 15 is 0 Å². The summed E-state index contributed by atoms with van der Waals surface area (Å²) in [6.07, 6.45) is 82.0. The second-order valence-electron chi connectivity index (χ2n) is 20.1. The molecule has 0 bridgehead atoms. The quantitative estimate of drug-likeness (QED) is 0.0197. The summed E-state index contributed by atoms with van der Waals surface area (Å²) in [7, 11) is -4.79. The minimum Gasteiger partial charge on any atom is -0.462 e. The highest BCUT2D eigenvalue weighted by Crippen LogP contribution is 2.43. The van der Waals surface area contributed by atoms with Gasteiger partial charge in [0.05, 0.1) is 19.8 Å². The number of esters is 3. The van der Waals surface area contributed by atoms with Crippen molar-refractivity contribution in [2.24, 2.45) is 0 Å². The molecule has 0 saturated heterocycles. The van der Waals surface area contributed by atoms with E-state index in [4.69, 9.17) is 23.3 Å². The number of carbonyl (C=O) groups is 3. The Bertz CT molecular complexity index is 1980. The van der Waals surface area contributed by atoms with Crippen molar-refractivity contribution in [3.05, 3.63) is 158 Å². The molecule has 2 N–H and O–H groups in total. The Morgan fingerprint density at radius 2 is 0.646 bits per heavy atom. The monoisotopic (exact) mass is 1160 g/mol. The van der Waals surface area contributed by atoms with Gasteiger partial charge in [-0.15, -0.1) is 0 Å². The van der Waals surface area contributed by atoms with Gasteiger partial charge in [-0.1, -0.05) is 224 Å². The highest BCUT2D eigenvalue weighted by Gasteiger charge is 2.28. The number of ether oxygens (including phenoxy) is 3. The number of phosphoric ester groups is 1. The van der Waals surface area contributed by atoms with Crippen molar-refractivity contribution in [2.45, 2.75) is 238 Å². The number of hydrogen-bond donors (Lipinski definition) is 2. The molecule has 82 heavy (non-hydrogen) atoms. The molecule has 12 heteroatoms. The van der Waals surface area contributed by atoms with Crippen molar-refractivity contribution in [1.82, 2.24) is 0 Å². The van der Waals surface area contributed by atoms with E-state index in [9.17, 15) is 28.9 Å². The van der Waals surface area contributed by atoms with Crippen LogP contribution in [-0.2, 0) is 42.2 Å². The molecule has 0 heterocycles. The standard InChI is InChI=1S/C70H111O11P/c1-4-7-10-13-16-19-22-25-28-31-33-36-38-41-44-47-50-53-56-59-68(72)77-63-67(81-70(74)61-58-55-52-49-46-43-40-37-34-32-29-26-23-20-17-14-11-8-5-2)65-79-82(75,76)78-64-66(62-71)80-69(73)60-57-54-51-48-45-42-39-35-30-27-24-21-18-15-12-9-6-3/h7,9-10,12,16-21,25-30,33-34,36-37,39,41-42,44,48,51,66-67,71H,4-6,8,11,13-15,22-24,31-32,35,38,40,43,45-47,49-50,52-65H2,1-3H3,(H,75,76)/b10-7-,12-9-,19-16-,20-17-,21-18-,28-25-,29-26-,30-27-,36-33-,37-34-,42-39-,44-41-,51-48-. The Morgan fingerprint density at radius 3 is 1.04 bits per heavy atom. The largest absolute Gasteiger partial charge is 0.472 e. The number of unbranched alkanes of at least 4 members (excludes halogenated alkanes) is 13. The third-order valence-electron chi connectivity index (χ3n) is 12.4. The average molecular weight is 1160 g/mol. The van der Waals surface area contributed by atoms with Crippen LogP contribution in [0.4, 0.5) is 0 Å². The summed E-state index contributed by atoms with van der Waals surface area (Å²) in [5.41, 5.74) is 0. The van der Waals surface area contributed by atoms with Crippen LogP contribution in [-0.4, -0.2) is 66.5 Å². The Balaban J connectivity index is 4.88. The van der Waals surface area contributed by atoms with E-state index in [0.717, 1.165) is 135 Å². The van der Waals surface area contributed by atoms with Gasteiger partial charge in [0.25, 0.3) is 0 Å². The molecule has 0 amide bonds. The van der Waals surface area contributed by atoms with Crippen LogP contribution >= 0.6 is 7.82 Å². The first-order valence-electron chi connectivity index (χ1n) is 31.4. The lowest BCUT2D eigenvalue weighted by Crippen LogP contribution is -2.30. The van der Waals surface area contributed by atoms with E-state index in [1.807, 2.05) is 12.2 Å². The van der Waals surface area contributed by atoms with Crippen LogP contribution in [0.3, 0.4) is 0 Å². The van der Waals surface area contributed by atoms with E-state index in [1.165, 1.54) is 25.7 Å². The van der Waals surface area contributed by atoms with E-state index in [2.05, 4.69) is 167 Å². The van der Waals surface area contributed by atoms with Crippen LogP contribution in [0.15, 0.2) is 158 Å². The van der Waals surface area contributed by atoms with Crippen LogP contribution < -0.4 is 0 Å². The molecule has 0 saturated carbocycles. The third-order valence-corrected chi connectivity index (χ3v) is 13.4. The number of hydrogen-bond acceptors (Lipinski definition) is 10. The summed E-state index contributed by atoms with van der Waals surface area (Å²) < 4.78 is 39.6. The van der Waals surface area contributed by atoms with Gasteiger partial charge >= 0.3 is 25.7 Å². The molecular formula is C70H111O11P. The van der Waals surface area contributed by atoms with Gasteiger partial charge in [0.1, 0.15) is 12.7 Å². The maximum absolute atomic E-state index is 13.0. The van der Waals surface area contributed by atoms with Crippen LogP contribution in [0, 0.1) is 0 Å². The van der Waals surface area contributed by atoms with Gasteiger partial charge in [-0.05, 0) is 141 Å². The van der Waals surface area contributed by atoms with Gasteiger partial charge < -0.3 is 24.2 Å². The van der Waals surface area contributed by atoms with E-state index in [-0.39, 0.29) is 25.9 Å². The fourth-order valence-electron chi connectivity index (χ4n) is 7.72. The van der Waals surface area contributed by atoms with Gasteiger partial charge in [-0.3, -0.25) is 23.4 Å². The molecule has 3 atom stereocenters. The molecule has 0 aliphatic rings. The SMILES string of the molecule is CC/C=C\C/C=C\C/C=C\C/C=C\C/C=C\CCCCCC(=O)OCC(COP(=O)(O)OCC(CO)OC(=O)CCC/C=C\C/C=C\C/C=C\C/C=C\C/C=C\CC)OC(=O)CCCCCCCC/C=C\C/C=C\C/C=C\CCCCC. The molecule has 0 aromatic carbocycles. The smallest absolute Gasteiger partial charge is 0.462 e. The summed E-state index contributed by atoms with van der Waals surface area (Å²) >= 11 is 0. The van der Waals surface area contributed by atoms with E-state index in [1.54, 1.807) is 0 Å². The van der Waals surface area contributed by atoms with Crippen LogP contribution in [0.1, 0.15) is 226 Å². The first-order valence-corrected chi connectivity index (χ1v) is 32.9.